The first-order chi connectivity index (χ1) is 11.7. The lowest BCUT2D eigenvalue weighted by atomic mass is 10.0. The van der Waals surface area contributed by atoms with Crippen LogP contribution in [0.1, 0.15) is 124 Å². The van der Waals surface area contributed by atoms with Crippen molar-refractivity contribution in [1.29, 1.82) is 0 Å². The number of nitrogens with zero attached hydrogens (tertiary/aromatic N) is 1. The molecule has 0 radical (unpaired) electrons. The van der Waals surface area contributed by atoms with Crippen molar-refractivity contribution in [3.8, 4) is 0 Å². The van der Waals surface area contributed by atoms with Gasteiger partial charge in [-0.05, 0) is 32.1 Å². The molecule has 0 aliphatic heterocycles. The Bertz CT molecular complexity index is 225. The maximum absolute atomic E-state index is 2.36. The summed E-state index contributed by atoms with van der Waals surface area (Å²) < 4.78 is 1.40. The van der Waals surface area contributed by atoms with Crippen LogP contribution in [-0.2, 0) is 0 Å². The number of hydrogen-bond acceptors (Lipinski definition) is 1. The lowest BCUT2D eigenvalue weighted by Gasteiger charge is -2.38. The van der Waals surface area contributed by atoms with E-state index in [1.54, 1.807) is 0 Å². The van der Waals surface area contributed by atoms with Gasteiger partial charge in [0.05, 0.1) is 26.2 Å². The zero-order valence-electron chi connectivity index (χ0n) is 18.3. The minimum atomic E-state index is 0. The van der Waals surface area contributed by atoms with Gasteiger partial charge in [-0.15, -0.1) is 0 Å². The number of quaternary nitrogens is 1. The highest BCUT2D eigenvalue weighted by Gasteiger charge is 2.23. The van der Waals surface area contributed by atoms with Crippen LogP contribution in [0.15, 0.2) is 0 Å². The molecule has 2 heteroatoms. The maximum Gasteiger partial charge on any atom is 0.0786 e. The summed E-state index contributed by atoms with van der Waals surface area (Å²) in [6.45, 7) is 15.0. The minimum Gasteiger partial charge on any atom is -0.870 e. The lowest BCUT2D eigenvalue weighted by molar-refractivity contribution is -0.928. The fraction of sp³-hybridized carbons (Fsp3) is 1.00. The predicted octanol–water partition coefficient (Wildman–Crippen LogP) is 7.56. The molecule has 0 aliphatic rings. The molecular weight excluding hydrogens is 306 g/mol. The van der Waals surface area contributed by atoms with E-state index in [2.05, 4.69) is 27.7 Å². The van der Waals surface area contributed by atoms with Crippen LogP contribution in [0.25, 0.3) is 0 Å². The molecule has 0 spiro atoms. The maximum atomic E-state index is 2.36. The third-order valence-electron chi connectivity index (χ3n) is 5.58. The molecule has 2 nitrogen and oxygen atoms in total. The molecule has 0 aliphatic carbocycles. The molecule has 0 aromatic rings. The summed E-state index contributed by atoms with van der Waals surface area (Å²) in [6, 6.07) is 0. The van der Waals surface area contributed by atoms with Gasteiger partial charge in [0.25, 0.3) is 0 Å². The smallest absolute Gasteiger partial charge is 0.0786 e. The molecule has 0 aromatic carbocycles. The molecule has 0 atom stereocenters. The Morgan fingerprint density at radius 3 is 1.00 bits per heavy atom. The van der Waals surface area contributed by atoms with E-state index >= 15 is 0 Å². The van der Waals surface area contributed by atoms with Crippen LogP contribution in [0.2, 0.25) is 0 Å². The van der Waals surface area contributed by atoms with E-state index in [1.807, 2.05) is 0 Å². The van der Waals surface area contributed by atoms with Gasteiger partial charge in [-0.2, -0.15) is 0 Å². The molecule has 0 saturated heterocycles. The first-order valence-corrected chi connectivity index (χ1v) is 11.6. The molecule has 1 N–H and O–H groups in total. The van der Waals surface area contributed by atoms with E-state index in [1.165, 1.54) is 127 Å². The minimum absolute atomic E-state index is 0. The molecule has 154 valence electrons. The highest BCUT2D eigenvalue weighted by molar-refractivity contribution is 4.50. The topological polar surface area (TPSA) is 30.0 Å². The quantitative estimate of drug-likeness (QED) is 0.173. The van der Waals surface area contributed by atoms with Crippen molar-refractivity contribution in [3.63, 3.8) is 0 Å². The highest BCUT2D eigenvalue weighted by Crippen LogP contribution is 2.16. The second-order valence-corrected chi connectivity index (χ2v) is 8.13. The Morgan fingerprint density at radius 2 is 0.680 bits per heavy atom. The summed E-state index contributed by atoms with van der Waals surface area (Å²) in [5, 5.41) is 0. The summed E-state index contributed by atoms with van der Waals surface area (Å²) in [5.41, 5.74) is 0. The Balaban J connectivity index is 0. The molecule has 0 bridgehead atoms. The van der Waals surface area contributed by atoms with Gasteiger partial charge in [0.2, 0.25) is 0 Å². The van der Waals surface area contributed by atoms with Crippen LogP contribution >= 0.6 is 0 Å². The van der Waals surface area contributed by atoms with E-state index in [0.717, 1.165) is 0 Å². The van der Waals surface area contributed by atoms with Crippen molar-refractivity contribution < 1.29 is 9.96 Å². The highest BCUT2D eigenvalue weighted by atomic mass is 16.0. The summed E-state index contributed by atoms with van der Waals surface area (Å²) in [4.78, 5) is 0. The van der Waals surface area contributed by atoms with Gasteiger partial charge in [0.15, 0.2) is 0 Å². The molecule has 0 amide bonds. The molecule has 0 heterocycles. The second-order valence-electron chi connectivity index (χ2n) is 8.13. The third-order valence-corrected chi connectivity index (χ3v) is 5.58. The number of hydrogen-bond donors (Lipinski definition) is 0. The van der Waals surface area contributed by atoms with Crippen LogP contribution in [-0.4, -0.2) is 36.1 Å². The average Bonchev–Trinajstić information content (AvgIpc) is 2.56. The van der Waals surface area contributed by atoms with Crippen LogP contribution < -0.4 is 0 Å². The first kappa shape index (κ1) is 27.1. The van der Waals surface area contributed by atoms with Gasteiger partial charge in [-0.1, -0.05) is 91.9 Å². The van der Waals surface area contributed by atoms with E-state index < -0.39 is 0 Å². The van der Waals surface area contributed by atoms with Gasteiger partial charge in [-0.25, -0.2) is 0 Å². The van der Waals surface area contributed by atoms with Crippen LogP contribution in [0.4, 0.5) is 0 Å². The molecule has 25 heavy (non-hydrogen) atoms. The fourth-order valence-electron chi connectivity index (χ4n) is 4.38. The zero-order valence-corrected chi connectivity index (χ0v) is 18.3. The lowest BCUT2D eigenvalue weighted by Crippen LogP contribution is -2.50. The molecular formula is C23H51NO. The van der Waals surface area contributed by atoms with Crippen molar-refractivity contribution >= 4 is 0 Å². The van der Waals surface area contributed by atoms with E-state index in [0.29, 0.717) is 0 Å². The Kier molecular flexibility index (Phi) is 22.0. The predicted molar refractivity (Wildman–Crippen MR) is 114 cm³/mol. The number of unbranched alkanes of at least 4 members (excludes halogenated alkanes) is 11. The Morgan fingerprint density at radius 1 is 0.360 bits per heavy atom. The van der Waals surface area contributed by atoms with E-state index in [-0.39, 0.29) is 5.48 Å². The van der Waals surface area contributed by atoms with Crippen molar-refractivity contribution in [2.24, 2.45) is 0 Å². The van der Waals surface area contributed by atoms with Crippen LogP contribution in [0.5, 0.6) is 0 Å². The number of rotatable bonds is 19. The standard InChI is InChI=1S/C23H50N.H2O/c1-5-9-10-11-12-13-14-15-16-17-18-19-23-24(20-6-2,21-7-3)22-8-4;/h5-23H2,1-4H3;1H2/q+1;/p-1. The van der Waals surface area contributed by atoms with Gasteiger partial charge in [-0.3, -0.25) is 0 Å². The first-order valence-electron chi connectivity index (χ1n) is 11.6. The summed E-state index contributed by atoms with van der Waals surface area (Å²) >= 11 is 0. The van der Waals surface area contributed by atoms with Crippen molar-refractivity contribution in [3.05, 3.63) is 0 Å². The summed E-state index contributed by atoms with van der Waals surface area (Å²) in [7, 11) is 0. The van der Waals surface area contributed by atoms with Crippen molar-refractivity contribution in [2.45, 2.75) is 124 Å². The van der Waals surface area contributed by atoms with Crippen LogP contribution in [0.3, 0.4) is 0 Å². The summed E-state index contributed by atoms with van der Waals surface area (Å²) in [6.07, 6.45) is 21.6. The van der Waals surface area contributed by atoms with Gasteiger partial charge in [0, 0.05) is 0 Å². The largest absolute Gasteiger partial charge is 0.870 e. The molecule has 0 fully saturated rings. The van der Waals surface area contributed by atoms with Gasteiger partial charge >= 0.3 is 0 Å². The van der Waals surface area contributed by atoms with Crippen molar-refractivity contribution in [2.75, 3.05) is 26.2 Å². The molecule has 0 unspecified atom stereocenters. The average molecular weight is 358 g/mol. The zero-order chi connectivity index (χ0) is 17.9. The monoisotopic (exact) mass is 357 g/mol. The molecule has 0 rings (SSSR count). The third kappa shape index (κ3) is 15.9. The van der Waals surface area contributed by atoms with Gasteiger partial charge in [0.1, 0.15) is 0 Å². The van der Waals surface area contributed by atoms with E-state index in [9.17, 15) is 0 Å². The fourth-order valence-corrected chi connectivity index (χ4v) is 4.38. The van der Waals surface area contributed by atoms with Crippen LogP contribution in [0, 0.1) is 0 Å². The molecule has 0 aromatic heterocycles. The SMILES string of the molecule is CCCCCCCCCCCCCC[N+](CCC)(CCC)CCC.[OH-]. The normalized spacial score (nSPS) is 11.5. The van der Waals surface area contributed by atoms with Crippen molar-refractivity contribution in [1.82, 2.24) is 0 Å². The van der Waals surface area contributed by atoms with Gasteiger partial charge < -0.3 is 9.96 Å². The Hall–Kier alpha value is -0.0800. The second kappa shape index (κ2) is 20.2. The molecule has 0 saturated carbocycles. The summed E-state index contributed by atoms with van der Waals surface area (Å²) in [5.74, 6) is 0. The van der Waals surface area contributed by atoms with E-state index in [4.69, 9.17) is 0 Å². The Labute approximate surface area is 160 Å².